The maximum Gasteiger partial charge on any atom is 0.286 e. The fourth-order valence-corrected chi connectivity index (χ4v) is 5.43. The molecule has 1 saturated carbocycles. The lowest BCUT2D eigenvalue weighted by atomic mass is 10.1. The van der Waals surface area contributed by atoms with E-state index < -0.39 is 10.0 Å². The number of methoxy groups -OCH3 is 1. The van der Waals surface area contributed by atoms with Gasteiger partial charge in [-0.1, -0.05) is 19.8 Å². The van der Waals surface area contributed by atoms with Gasteiger partial charge in [0.15, 0.2) is 5.84 Å². The predicted molar refractivity (Wildman–Crippen MR) is 121 cm³/mol. The van der Waals surface area contributed by atoms with Crippen LogP contribution in [0.2, 0.25) is 0 Å². The molecule has 1 amide bonds. The summed E-state index contributed by atoms with van der Waals surface area (Å²) in [5, 5.41) is 2.89. The number of hydrogen-bond acceptors (Lipinski definition) is 5. The number of amides is 1. The number of carbonyl (C=O) groups excluding carboxylic acids is 1. The number of benzene rings is 2. The fourth-order valence-electron chi connectivity index (χ4n) is 4.18. The molecule has 0 bridgehead atoms. The summed E-state index contributed by atoms with van der Waals surface area (Å²) in [6, 6.07) is 12.2. The molecule has 1 N–H and O–H groups in total. The van der Waals surface area contributed by atoms with Crippen LogP contribution in [0.1, 0.15) is 44.6 Å². The van der Waals surface area contributed by atoms with E-state index in [4.69, 9.17) is 4.74 Å². The van der Waals surface area contributed by atoms with Crippen molar-refractivity contribution in [3.8, 4) is 5.75 Å². The highest BCUT2D eigenvalue weighted by Gasteiger charge is 2.32. The lowest BCUT2D eigenvalue weighted by Gasteiger charge is -2.31. The number of amidine groups is 1. The molecule has 164 valence electrons. The molecule has 4 rings (SSSR count). The van der Waals surface area contributed by atoms with Gasteiger partial charge in [-0.25, -0.2) is 0 Å². The summed E-state index contributed by atoms with van der Waals surface area (Å²) in [5.41, 5.74) is 1.75. The van der Waals surface area contributed by atoms with Crippen molar-refractivity contribution in [3.05, 3.63) is 48.0 Å². The first-order valence-corrected chi connectivity index (χ1v) is 12.1. The monoisotopic (exact) mass is 441 g/mol. The molecule has 0 aromatic heterocycles. The number of anilines is 2. The number of nitrogens with zero attached hydrogens (tertiary/aromatic N) is 2. The van der Waals surface area contributed by atoms with Crippen molar-refractivity contribution >= 4 is 33.1 Å². The Kier molecular flexibility index (Phi) is 6.00. The normalized spacial score (nSPS) is 17.7. The molecule has 7 nitrogen and oxygen atoms in total. The molecule has 0 unspecified atom stereocenters. The molecule has 0 spiro atoms. The van der Waals surface area contributed by atoms with Crippen molar-refractivity contribution in [1.82, 2.24) is 0 Å². The largest absolute Gasteiger partial charge is 0.497 e. The quantitative estimate of drug-likeness (QED) is 0.726. The van der Waals surface area contributed by atoms with Crippen LogP contribution in [0.4, 0.5) is 11.4 Å². The van der Waals surface area contributed by atoms with Gasteiger partial charge in [-0.3, -0.25) is 4.79 Å². The van der Waals surface area contributed by atoms with E-state index in [1.807, 2.05) is 11.8 Å². The van der Waals surface area contributed by atoms with E-state index in [2.05, 4.69) is 9.71 Å². The summed E-state index contributed by atoms with van der Waals surface area (Å²) in [6.07, 6.45) is 4.70. The van der Waals surface area contributed by atoms with Crippen LogP contribution in [0.15, 0.2) is 51.8 Å². The zero-order valence-corrected chi connectivity index (χ0v) is 18.6. The molecule has 0 radical (unpaired) electrons. The summed E-state index contributed by atoms with van der Waals surface area (Å²) in [7, 11) is -2.34. The number of nitrogens with one attached hydrogen (secondary N) is 1. The first-order valence-electron chi connectivity index (χ1n) is 10.6. The van der Waals surface area contributed by atoms with Crippen molar-refractivity contribution in [2.24, 2.45) is 10.3 Å². The SMILES string of the molecule is CCCN1C(c2ccc(OC)cc2)=NS(=O)(=O)c2cc(NC(=O)C3CCCC3)ccc21. The van der Waals surface area contributed by atoms with Crippen LogP contribution in [-0.2, 0) is 14.8 Å². The van der Waals surface area contributed by atoms with Crippen LogP contribution in [-0.4, -0.2) is 33.8 Å². The standard InChI is InChI=1S/C23H27N3O4S/c1-3-14-26-20-13-10-18(24-23(27)17-6-4-5-7-17)15-21(20)31(28,29)25-22(26)16-8-11-19(30-2)12-9-16/h8-13,15,17H,3-7,14H2,1-2H3,(H,24,27). The fraction of sp³-hybridized carbons (Fsp3) is 0.391. The molecular formula is C23H27N3O4S. The summed E-state index contributed by atoms with van der Waals surface area (Å²) < 4.78 is 35.5. The second kappa shape index (κ2) is 8.70. The Balaban J connectivity index is 1.70. The van der Waals surface area contributed by atoms with Gasteiger partial charge in [-0.2, -0.15) is 8.42 Å². The van der Waals surface area contributed by atoms with Gasteiger partial charge in [0.25, 0.3) is 10.0 Å². The van der Waals surface area contributed by atoms with Crippen molar-refractivity contribution in [3.63, 3.8) is 0 Å². The number of hydrogen-bond donors (Lipinski definition) is 1. The maximum atomic E-state index is 13.1. The molecule has 1 fully saturated rings. The van der Waals surface area contributed by atoms with E-state index in [1.54, 1.807) is 43.5 Å². The Morgan fingerprint density at radius 2 is 1.87 bits per heavy atom. The van der Waals surface area contributed by atoms with Crippen molar-refractivity contribution in [2.75, 3.05) is 23.9 Å². The second-order valence-corrected chi connectivity index (χ2v) is 9.50. The average molecular weight is 442 g/mol. The molecule has 31 heavy (non-hydrogen) atoms. The Morgan fingerprint density at radius 1 is 1.16 bits per heavy atom. The predicted octanol–water partition coefficient (Wildman–Crippen LogP) is 4.19. The topological polar surface area (TPSA) is 88.1 Å². The Morgan fingerprint density at radius 3 is 2.52 bits per heavy atom. The third-order valence-corrected chi connectivity index (χ3v) is 7.08. The summed E-state index contributed by atoms with van der Waals surface area (Å²) in [4.78, 5) is 14.5. The zero-order valence-electron chi connectivity index (χ0n) is 17.8. The van der Waals surface area contributed by atoms with Crippen LogP contribution in [0.5, 0.6) is 5.75 Å². The van der Waals surface area contributed by atoms with E-state index in [-0.39, 0.29) is 16.7 Å². The molecule has 8 heteroatoms. The molecule has 2 aromatic carbocycles. The van der Waals surface area contributed by atoms with E-state index >= 15 is 0 Å². The Labute approximate surface area is 183 Å². The minimum absolute atomic E-state index is 0.00363. The van der Waals surface area contributed by atoms with Gasteiger partial charge < -0.3 is 15.0 Å². The second-order valence-electron chi connectivity index (χ2n) is 7.92. The summed E-state index contributed by atoms with van der Waals surface area (Å²) >= 11 is 0. The summed E-state index contributed by atoms with van der Waals surface area (Å²) in [5.74, 6) is 1.04. The first kappa shape index (κ1) is 21.4. The first-order chi connectivity index (χ1) is 14.9. The highest BCUT2D eigenvalue weighted by molar-refractivity contribution is 7.90. The molecule has 1 aliphatic carbocycles. The number of ether oxygens (including phenoxy) is 1. The highest BCUT2D eigenvalue weighted by atomic mass is 32.2. The molecule has 1 heterocycles. The Bertz CT molecular complexity index is 1100. The molecule has 1 aliphatic heterocycles. The average Bonchev–Trinajstić information content (AvgIpc) is 3.31. The number of rotatable bonds is 6. The minimum atomic E-state index is -3.92. The van der Waals surface area contributed by atoms with Crippen molar-refractivity contribution < 1.29 is 17.9 Å². The maximum absolute atomic E-state index is 13.1. The van der Waals surface area contributed by atoms with Crippen molar-refractivity contribution in [2.45, 2.75) is 43.9 Å². The third kappa shape index (κ3) is 4.30. The molecule has 2 aliphatic rings. The molecular weight excluding hydrogens is 414 g/mol. The van der Waals surface area contributed by atoms with Gasteiger partial charge in [0.05, 0.1) is 12.8 Å². The lowest BCUT2D eigenvalue weighted by Crippen LogP contribution is -2.37. The van der Waals surface area contributed by atoms with Gasteiger partial charge in [0.2, 0.25) is 5.91 Å². The zero-order chi connectivity index (χ0) is 22.0. The molecule has 0 atom stereocenters. The molecule has 2 aromatic rings. The summed E-state index contributed by atoms with van der Waals surface area (Å²) in [6.45, 7) is 2.64. The van der Waals surface area contributed by atoms with Crippen LogP contribution < -0.4 is 15.0 Å². The van der Waals surface area contributed by atoms with Gasteiger partial charge in [0, 0.05) is 23.7 Å². The Hall–Kier alpha value is -2.87. The highest BCUT2D eigenvalue weighted by Crippen LogP contribution is 2.36. The van der Waals surface area contributed by atoms with E-state index in [0.717, 1.165) is 32.1 Å². The number of carbonyl (C=O) groups is 1. The van der Waals surface area contributed by atoms with E-state index in [9.17, 15) is 13.2 Å². The van der Waals surface area contributed by atoms with Crippen LogP contribution in [0.25, 0.3) is 0 Å². The minimum Gasteiger partial charge on any atom is -0.497 e. The van der Waals surface area contributed by atoms with E-state index in [0.29, 0.717) is 35.1 Å². The van der Waals surface area contributed by atoms with Gasteiger partial charge in [-0.15, -0.1) is 4.40 Å². The van der Waals surface area contributed by atoms with Crippen LogP contribution in [0, 0.1) is 5.92 Å². The van der Waals surface area contributed by atoms with Crippen molar-refractivity contribution in [1.29, 1.82) is 0 Å². The lowest BCUT2D eigenvalue weighted by molar-refractivity contribution is -0.119. The van der Waals surface area contributed by atoms with Crippen LogP contribution in [0.3, 0.4) is 0 Å². The molecule has 0 saturated heterocycles. The third-order valence-electron chi connectivity index (χ3n) is 5.78. The smallest absolute Gasteiger partial charge is 0.286 e. The van der Waals surface area contributed by atoms with Gasteiger partial charge >= 0.3 is 0 Å². The number of fused-ring (bicyclic) bond motifs is 1. The van der Waals surface area contributed by atoms with E-state index in [1.165, 1.54) is 6.07 Å². The van der Waals surface area contributed by atoms with Gasteiger partial charge in [-0.05, 0) is 61.7 Å². The number of sulfonamides is 1. The van der Waals surface area contributed by atoms with Gasteiger partial charge in [0.1, 0.15) is 10.6 Å². The van der Waals surface area contributed by atoms with Crippen LogP contribution >= 0.6 is 0 Å².